The molecule has 0 aliphatic carbocycles. The largest absolute Gasteiger partial charge is 0.490 e. The van der Waals surface area contributed by atoms with Gasteiger partial charge in [0.25, 0.3) is 5.92 Å². The van der Waals surface area contributed by atoms with Crippen molar-refractivity contribution in [1.29, 1.82) is 0 Å². The molecule has 0 heterocycles. The molecule has 0 spiro atoms. The molecule has 0 N–H and O–H groups in total. The number of hydrogen-bond acceptors (Lipinski definition) is 2. The van der Waals surface area contributed by atoms with Crippen LogP contribution in [0.4, 0.5) is 8.78 Å². The second kappa shape index (κ2) is 7.58. The Bertz CT molecular complexity index is 589. The van der Waals surface area contributed by atoms with Gasteiger partial charge in [0.2, 0.25) is 0 Å². The number of benzene rings is 2. The molecule has 0 radical (unpaired) electrons. The van der Waals surface area contributed by atoms with E-state index in [2.05, 4.69) is 13.2 Å². The lowest BCUT2D eigenvalue weighted by Crippen LogP contribution is -2.15. The minimum Gasteiger partial charge on any atom is -0.490 e. The van der Waals surface area contributed by atoms with Crippen LogP contribution in [0, 0.1) is 0 Å². The Balaban J connectivity index is 2.16. The predicted octanol–water partition coefficient (Wildman–Crippen LogP) is 4.96. The molecule has 0 aromatic heterocycles. The van der Waals surface area contributed by atoms with Crippen LogP contribution in [0.1, 0.15) is 11.1 Å². The Labute approximate surface area is 134 Å². The maximum atomic E-state index is 14.5. The molecule has 2 aromatic rings. The molecule has 0 aliphatic rings. The van der Waals surface area contributed by atoms with Gasteiger partial charge in [-0.15, -0.1) is 0 Å². The van der Waals surface area contributed by atoms with E-state index < -0.39 is 5.92 Å². The van der Waals surface area contributed by atoms with Crippen molar-refractivity contribution in [2.75, 3.05) is 13.2 Å². The van der Waals surface area contributed by atoms with Gasteiger partial charge in [-0.05, 0) is 48.5 Å². The summed E-state index contributed by atoms with van der Waals surface area (Å²) in [6.07, 6.45) is 3.19. The van der Waals surface area contributed by atoms with Crippen LogP contribution in [0.2, 0.25) is 0 Å². The highest BCUT2D eigenvalue weighted by Crippen LogP contribution is 2.36. The van der Waals surface area contributed by atoms with Crippen LogP contribution in [0.3, 0.4) is 0 Å². The first kappa shape index (κ1) is 16.7. The average molecular weight is 316 g/mol. The highest BCUT2D eigenvalue weighted by molar-refractivity contribution is 5.39. The Morgan fingerprint density at radius 3 is 1.39 bits per heavy atom. The molecule has 0 bridgehead atoms. The lowest BCUT2D eigenvalue weighted by molar-refractivity contribution is 0.0427. The monoisotopic (exact) mass is 316 g/mol. The van der Waals surface area contributed by atoms with E-state index in [1.807, 2.05) is 0 Å². The van der Waals surface area contributed by atoms with Gasteiger partial charge in [-0.25, -0.2) is 0 Å². The van der Waals surface area contributed by atoms with Gasteiger partial charge in [-0.3, -0.25) is 0 Å². The van der Waals surface area contributed by atoms with E-state index >= 15 is 0 Å². The summed E-state index contributed by atoms with van der Waals surface area (Å²) in [5.74, 6) is -2.04. The zero-order chi connectivity index (χ0) is 16.7. The van der Waals surface area contributed by atoms with E-state index in [0.29, 0.717) is 24.7 Å². The SMILES string of the molecule is C=CCOc1ccc(C(F)(F)c2ccc(OCC=C)cc2)cc1. The van der Waals surface area contributed by atoms with Crippen LogP contribution in [0.15, 0.2) is 73.8 Å². The predicted molar refractivity (Wildman–Crippen MR) is 87.3 cm³/mol. The Kier molecular flexibility index (Phi) is 5.52. The molecule has 0 saturated heterocycles. The highest BCUT2D eigenvalue weighted by atomic mass is 19.3. The van der Waals surface area contributed by atoms with Gasteiger partial charge in [0.05, 0.1) is 0 Å². The quantitative estimate of drug-likeness (QED) is 0.641. The molecule has 0 fully saturated rings. The Morgan fingerprint density at radius 2 is 1.09 bits per heavy atom. The number of rotatable bonds is 8. The first-order valence-corrected chi connectivity index (χ1v) is 7.14. The van der Waals surface area contributed by atoms with Gasteiger partial charge in [0, 0.05) is 11.1 Å². The molecular formula is C19H18F2O2. The molecule has 23 heavy (non-hydrogen) atoms. The Hall–Kier alpha value is -2.62. The topological polar surface area (TPSA) is 18.5 Å². The third kappa shape index (κ3) is 4.19. The number of alkyl halides is 2. The van der Waals surface area contributed by atoms with Crippen molar-refractivity contribution >= 4 is 0 Å². The molecular weight excluding hydrogens is 298 g/mol. The zero-order valence-electron chi connectivity index (χ0n) is 12.7. The van der Waals surface area contributed by atoms with Gasteiger partial charge >= 0.3 is 0 Å². The van der Waals surface area contributed by atoms with Gasteiger partial charge in [0.1, 0.15) is 24.7 Å². The molecule has 0 saturated carbocycles. The molecule has 0 atom stereocenters. The van der Waals surface area contributed by atoms with E-state index in [1.165, 1.54) is 48.5 Å². The summed E-state index contributed by atoms with van der Waals surface area (Å²) in [4.78, 5) is 0. The zero-order valence-corrected chi connectivity index (χ0v) is 12.7. The highest BCUT2D eigenvalue weighted by Gasteiger charge is 2.33. The molecule has 0 aliphatic heterocycles. The minimum absolute atomic E-state index is 0.0942. The van der Waals surface area contributed by atoms with Crippen LogP contribution < -0.4 is 9.47 Å². The van der Waals surface area contributed by atoms with Gasteiger partial charge < -0.3 is 9.47 Å². The molecule has 2 rings (SSSR count). The summed E-state index contributed by atoms with van der Waals surface area (Å²) in [5.41, 5.74) is -0.188. The summed E-state index contributed by atoms with van der Waals surface area (Å²) >= 11 is 0. The van der Waals surface area contributed by atoms with Crippen LogP contribution in [0.25, 0.3) is 0 Å². The molecule has 2 nitrogen and oxygen atoms in total. The van der Waals surface area contributed by atoms with E-state index in [1.54, 1.807) is 12.2 Å². The van der Waals surface area contributed by atoms with Crippen molar-refractivity contribution in [2.45, 2.75) is 5.92 Å². The smallest absolute Gasteiger partial charge is 0.298 e. The fraction of sp³-hybridized carbons (Fsp3) is 0.158. The van der Waals surface area contributed by atoms with Crippen LogP contribution >= 0.6 is 0 Å². The van der Waals surface area contributed by atoms with Crippen molar-refractivity contribution in [2.24, 2.45) is 0 Å². The summed E-state index contributed by atoms with van der Waals surface area (Å²) in [5, 5.41) is 0. The van der Waals surface area contributed by atoms with E-state index in [4.69, 9.17) is 9.47 Å². The summed E-state index contributed by atoms with van der Waals surface area (Å²) in [6.45, 7) is 7.74. The normalized spacial score (nSPS) is 10.9. The van der Waals surface area contributed by atoms with Gasteiger partial charge in [0.15, 0.2) is 0 Å². The maximum Gasteiger partial charge on any atom is 0.298 e. The standard InChI is InChI=1S/C19H18F2O2/c1-3-13-22-17-9-5-15(6-10-17)19(20,21)16-7-11-18(12-8-16)23-14-4-2/h3-12H,1-2,13-14H2. The van der Waals surface area contributed by atoms with E-state index in [0.717, 1.165) is 0 Å². The lowest BCUT2D eigenvalue weighted by atomic mass is 10.0. The van der Waals surface area contributed by atoms with Crippen LogP contribution in [0.5, 0.6) is 11.5 Å². The van der Waals surface area contributed by atoms with E-state index in [9.17, 15) is 8.78 Å². The van der Waals surface area contributed by atoms with Gasteiger partial charge in [-0.2, -0.15) is 8.78 Å². The van der Waals surface area contributed by atoms with E-state index in [-0.39, 0.29) is 11.1 Å². The van der Waals surface area contributed by atoms with Crippen molar-refractivity contribution in [1.82, 2.24) is 0 Å². The van der Waals surface area contributed by atoms with Crippen molar-refractivity contribution in [3.8, 4) is 11.5 Å². The second-order valence-electron chi connectivity index (χ2n) is 4.82. The van der Waals surface area contributed by atoms with Crippen LogP contribution in [-0.4, -0.2) is 13.2 Å². The fourth-order valence-corrected chi connectivity index (χ4v) is 2.00. The van der Waals surface area contributed by atoms with Crippen LogP contribution in [-0.2, 0) is 5.92 Å². The third-order valence-electron chi connectivity index (χ3n) is 3.17. The minimum atomic E-state index is -3.09. The molecule has 0 unspecified atom stereocenters. The first-order chi connectivity index (χ1) is 11.1. The summed E-state index contributed by atoms with van der Waals surface area (Å²) < 4.78 is 39.7. The molecule has 2 aromatic carbocycles. The first-order valence-electron chi connectivity index (χ1n) is 7.14. The maximum absolute atomic E-state index is 14.5. The van der Waals surface area contributed by atoms with Crippen molar-refractivity contribution < 1.29 is 18.3 Å². The lowest BCUT2D eigenvalue weighted by Gasteiger charge is -2.18. The molecule has 4 heteroatoms. The fourth-order valence-electron chi connectivity index (χ4n) is 2.00. The average Bonchev–Trinajstić information content (AvgIpc) is 2.59. The summed E-state index contributed by atoms with van der Waals surface area (Å²) in [6, 6.07) is 11.5. The van der Waals surface area contributed by atoms with Crippen molar-refractivity contribution in [3.05, 3.63) is 85.0 Å². The molecule has 0 amide bonds. The third-order valence-corrected chi connectivity index (χ3v) is 3.17. The molecule has 120 valence electrons. The van der Waals surface area contributed by atoms with Crippen molar-refractivity contribution in [3.63, 3.8) is 0 Å². The number of halogens is 2. The second-order valence-corrected chi connectivity index (χ2v) is 4.82. The number of hydrogen-bond donors (Lipinski definition) is 0. The number of ether oxygens (including phenoxy) is 2. The Morgan fingerprint density at radius 1 is 0.739 bits per heavy atom. The van der Waals surface area contributed by atoms with Gasteiger partial charge in [-0.1, -0.05) is 25.3 Å². The summed E-state index contributed by atoms with van der Waals surface area (Å²) in [7, 11) is 0.